The summed E-state index contributed by atoms with van der Waals surface area (Å²) in [7, 11) is 0. The van der Waals surface area contributed by atoms with Gasteiger partial charge in [-0.05, 0) is 18.3 Å². The van der Waals surface area contributed by atoms with Gasteiger partial charge in [-0.25, -0.2) is 0 Å². The molecule has 0 saturated carbocycles. The first-order chi connectivity index (χ1) is 7.63. The Morgan fingerprint density at radius 1 is 0.875 bits per heavy atom. The Hall–Kier alpha value is -0.0400. The fraction of sp³-hybridized carbons (Fsp3) is 1.00. The molecule has 1 N–H and O–H groups in total. The minimum atomic E-state index is -0.0823. The number of hydrogen-bond acceptors (Lipinski definition) is 1. The Morgan fingerprint density at radius 3 is 2.00 bits per heavy atom. The van der Waals surface area contributed by atoms with Crippen molar-refractivity contribution in [3.8, 4) is 0 Å². The van der Waals surface area contributed by atoms with Crippen molar-refractivity contribution in [3.05, 3.63) is 0 Å². The van der Waals surface area contributed by atoms with Gasteiger partial charge in [-0.2, -0.15) is 0 Å². The van der Waals surface area contributed by atoms with Crippen molar-refractivity contribution in [2.75, 3.05) is 0 Å². The first kappa shape index (κ1) is 16.0. The molecule has 3 unspecified atom stereocenters. The second-order valence-corrected chi connectivity index (χ2v) is 5.37. The zero-order chi connectivity index (χ0) is 12.4. The van der Waals surface area contributed by atoms with E-state index in [4.69, 9.17) is 0 Å². The van der Waals surface area contributed by atoms with E-state index in [0.29, 0.717) is 11.8 Å². The minimum Gasteiger partial charge on any atom is -0.393 e. The third kappa shape index (κ3) is 7.27. The lowest BCUT2D eigenvalue weighted by Crippen LogP contribution is -2.23. The largest absolute Gasteiger partial charge is 0.393 e. The molecule has 0 amide bonds. The van der Waals surface area contributed by atoms with Crippen LogP contribution in [0.25, 0.3) is 0 Å². The molecule has 0 spiro atoms. The molecule has 0 aromatic heterocycles. The highest BCUT2D eigenvalue weighted by Gasteiger charge is 2.18. The van der Waals surface area contributed by atoms with Crippen LogP contribution in [0.15, 0.2) is 0 Å². The summed E-state index contributed by atoms with van der Waals surface area (Å²) in [5.41, 5.74) is 0. The first-order valence-corrected chi connectivity index (χ1v) is 7.31. The molecule has 1 nitrogen and oxygen atoms in total. The normalized spacial score (nSPS) is 17.1. The van der Waals surface area contributed by atoms with Crippen LogP contribution in [0.2, 0.25) is 0 Å². The average molecular weight is 228 g/mol. The summed E-state index contributed by atoms with van der Waals surface area (Å²) < 4.78 is 0. The smallest absolute Gasteiger partial charge is 0.0568 e. The summed E-state index contributed by atoms with van der Waals surface area (Å²) >= 11 is 0. The van der Waals surface area contributed by atoms with Crippen LogP contribution < -0.4 is 0 Å². The Labute approximate surface area is 103 Å². The van der Waals surface area contributed by atoms with E-state index >= 15 is 0 Å². The molecule has 0 bridgehead atoms. The van der Waals surface area contributed by atoms with Crippen molar-refractivity contribution in [2.45, 2.75) is 85.2 Å². The SMILES string of the molecule is CCCCCCCCC(O)C(C)C(C)CC. The van der Waals surface area contributed by atoms with E-state index in [1.54, 1.807) is 0 Å². The van der Waals surface area contributed by atoms with Crippen LogP contribution in [-0.2, 0) is 0 Å². The van der Waals surface area contributed by atoms with Crippen LogP contribution in [0, 0.1) is 11.8 Å². The predicted molar refractivity (Wildman–Crippen MR) is 72.6 cm³/mol. The lowest BCUT2D eigenvalue weighted by atomic mass is 9.86. The highest BCUT2D eigenvalue weighted by Crippen LogP contribution is 2.22. The summed E-state index contributed by atoms with van der Waals surface area (Å²) in [6.45, 7) is 8.89. The van der Waals surface area contributed by atoms with Crippen molar-refractivity contribution in [3.63, 3.8) is 0 Å². The van der Waals surface area contributed by atoms with Crippen molar-refractivity contribution in [2.24, 2.45) is 11.8 Å². The Balaban J connectivity index is 3.45. The topological polar surface area (TPSA) is 20.2 Å². The predicted octanol–water partition coefficient (Wildman–Crippen LogP) is 4.78. The van der Waals surface area contributed by atoms with Gasteiger partial charge in [0.1, 0.15) is 0 Å². The van der Waals surface area contributed by atoms with Gasteiger partial charge in [-0.15, -0.1) is 0 Å². The molecule has 0 aromatic carbocycles. The molecule has 0 aliphatic carbocycles. The molecule has 0 aromatic rings. The monoisotopic (exact) mass is 228 g/mol. The molecule has 0 saturated heterocycles. The van der Waals surface area contributed by atoms with E-state index in [9.17, 15) is 5.11 Å². The third-order valence-corrected chi connectivity index (χ3v) is 4.00. The van der Waals surface area contributed by atoms with E-state index in [2.05, 4.69) is 27.7 Å². The number of aliphatic hydroxyl groups is 1. The van der Waals surface area contributed by atoms with Crippen LogP contribution >= 0.6 is 0 Å². The minimum absolute atomic E-state index is 0.0823. The Bertz CT molecular complexity index is 144. The number of unbranched alkanes of at least 4 members (excludes halogenated alkanes) is 5. The Kier molecular flexibility index (Phi) is 10.1. The molecular weight excluding hydrogens is 196 g/mol. The third-order valence-electron chi connectivity index (χ3n) is 4.00. The highest BCUT2D eigenvalue weighted by atomic mass is 16.3. The average Bonchev–Trinajstić information content (AvgIpc) is 2.31. The first-order valence-electron chi connectivity index (χ1n) is 7.31. The molecule has 16 heavy (non-hydrogen) atoms. The molecule has 0 radical (unpaired) electrons. The maximum Gasteiger partial charge on any atom is 0.0568 e. The zero-order valence-corrected chi connectivity index (χ0v) is 11.8. The van der Waals surface area contributed by atoms with Gasteiger partial charge in [0.15, 0.2) is 0 Å². The standard InChI is InChI=1S/C15H32O/c1-5-7-8-9-10-11-12-15(16)14(4)13(3)6-2/h13-16H,5-12H2,1-4H3. The second-order valence-electron chi connectivity index (χ2n) is 5.37. The van der Waals surface area contributed by atoms with Gasteiger partial charge in [0, 0.05) is 0 Å². The summed E-state index contributed by atoms with van der Waals surface area (Å²) in [6.07, 6.45) is 9.98. The van der Waals surface area contributed by atoms with Crippen LogP contribution in [0.5, 0.6) is 0 Å². The van der Waals surface area contributed by atoms with E-state index in [1.807, 2.05) is 0 Å². The maximum atomic E-state index is 10.0. The molecule has 0 rings (SSSR count). The van der Waals surface area contributed by atoms with E-state index in [0.717, 1.165) is 6.42 Å². The number of aliphatic hydroxyl groups excluding tert-OH is 1. The molecule has 0 aliphatic heterocycles. The fourth-order valence-corrected chi connectivity index (χ4v) is 2.15. The molecule has 0 heterocycles. The van der Waals surface area contributed by atoms with E-state index < -0.39 is 0 Å². The van der Waals surface area contributed by atoms with Gasteiger partial charge < -0.3 is 5.11 Å². The van der Waals surface area contributed by atoms with Crippen molar-refractivity contribution >= 4 is 0 Å². The maximum absolute atomic E-state index is 10.0. The summed E-state index contributed by atoms with van der Waals surface area (Å²) in [5, 5.41) is 10.0. The van der Waals surface area contributed by atoms with Crippen molar-refractivity contribution in [1.82, 2.24) is 0 Å². The van der Waals surface area contributed by atoms with Crippen LogP contribution in [-0.4, -0.2) is 11.2 Å². The quantitative estimate of drug-likeness (QED) is 0.533. The van der Waals surface area contributed by atoms with Gasteiger partial charge in [0.2, 0.25) is 0 Å². The van der Waals surface area contributed by atoms with Gasteiger partial charge in [-0.1, -0.05) is 72.6 Å². The van der Waals surface area contributed by atoms with Crippen molar-refractivity contribution < 1.29 is 5.11 Å². The highest BCUT2D eigenvalue weighted by molar-refractivity contribution is 4.69. The fourth-order valence-electron chi connectivity index (χ4n) is 2.15. The lowest BCUT2D eigenvalue weighted by Gasteiger charge is -2.24. The molecule has 1 heteroatoms. The number of rotatable bonds is 10. The lowest BCUT2D eigenvalue weighted by molar-refractivity contribution is 0.0758. The molecule has 0 fully saturated rings. The van der Waals surface area contributed by atoms with Crippen LogP contribution in [0.3, 0.4) is 0 Å². The van der Waals surface area contributed by atoms with Crippen LogP contribution in [0.4, 0.5) is 0 Å². The van der Waals surface area contributed by atoms with E-state index in [-0.39, 0.29) is 6.10 Å². The van der Waals surface area contributed by atoms with E-state index in [1.165, 1.54) is 44.9 Å². The number of hydrogen-bond donors (Lipinski definition) is 1. The van der Waals surface area contributed by atoms with Gasteiger partial charge in [0.25, 0.3) is 0 Å². The van der Waals surface area contributed by atoms with Crippen LogP contribution in [0.1, 0.15) is 79.1 Å². The molecule has 3 atom stereocenters. The van der Waals surface area contributed by atoms with Crippen molar-refractivity contribution in [1.29, 1.82) is 0 Å². The second kappa shape index (κ2) is 10.1. The summed E-state index contributed by atoms with van der Waals surface area (Å²) in [6, 6.07) is 0. The van der Waals surface area contributed by atoms with Gasteiger partial charge in [-0.3, -0.25) is 0 Å². The zero-order valence-electron chi connectivity index (χ0n) is 11.8. The Morgan fingerprint density at radius 2 is 1.44 bits per heavy atom. The molecule has 98 valence electrons. The van der Waals surface area contributed by atoms with Gasteiger partial charge >= 0.3 is 0 Å². The van der Waals surface area contributed by atoms with Gasteiger partial charge in [0.05, 0.1) is 6.10 Å². The summed E-state index contributed by atoms with van der Waals surface area (Å²) in [5.74, 6) is 1.11. The summed E-state index contributed by atoms with van der Waals surface area (Å²) in [4.78, 5) is 0. The molecule has 0 aliphatic rings. The molecular formula is C15H32O.